The van der Waals surface area contributed by atoms with Gasteiger partial charge in [-0.3, -0.25) is 14.9 Å². The Morgan fingerprint density at radius 3 is 2.74 bits per heavy atom. The molecular formula is C26H28N4O5. The summed E-state index contributed by atoms with van der Waals surface area (Å²) in [6.07, 6.45) is 4.80. The van der Waals surface area contributed by atoms with E-state index in [9.17, 15) is 14.9 Å². The third kappa shape index (κ3) is 4.62. The molecule has 0 radical (unpaired) electrons. The normalized spacial score (nSPS) is 14.7. The summed E-state index contributed by atoms with van der Waals surface area (Å²) in [4.78, 5) is 25.4. The number of allylic oxidation sites excluding steroid dienone is 1. The van der Waals surface area contributed by atoms with Gasteiger partial charge in [0.05, 0.1) is 23.8 Å². The van der Waals surface area contributed by atoms with Gasteiger partial charge in [0.1, 0.15) is 11.3 Å². The summed E-state index contributed by atoms with van der Waals surface area (Å²) in [5.74, 6) is 0.0830. The van der Waals surface area contributed by atoms with E-state index in [1.54, 1.807) is 7.11 Å². The lowest BCUT2D eigenvalue weighted by Crippen LogP contribution is -2.45. The average molecular weight is 477 g/mol. The number of amides is 1. The number of anilines is 1. The largest absolute Gasteiger partial charge is 0.496 e. The molecule has 2 aromatic carbocycles. The quantitative estimate of drug-likeness (QED) is 0.273. The van der Waals surface area contributed by atoms with Crippen LogP contribution in [0.25, 0.3) is 16.5 Å². The number of hydrogen-bond donors (Lipinski definition) is 1. The predicted molar refractivity (Wildman–Crippen MR) is 136 cm³/mol. The van der Waals surface area contributed by atoms with Crippen molar-refractivity contribution in [2.75, 3.05) is 18.6 Å². The number of hydrazone groups is 1. The van der Waals surface area contributed by atoms with Crippen molar-refractivity contribution in [3.05, 3.63) is 69.5 Å². The molecule has 0 saturated heterocycles. The molecule has 1 aromatic heterocycles. The molecule has 182 valence electrons. The van der Waals surface area contributed by atoms with Gasteiger partial charge in [0.2, 0.25) is 0 Å². The number of hydrogen-bond acceptors (Lipinski definition) is 7. The molecule has 9 nitrogen and oxygen atoms in total. The van der Waals surface area contributed by atoms with E-state index in [2.05, 4.69) is 49.2 Å². The number of nitrogens with zero attached hydrogens (tertiary/aromatic N) is 3. The van der Waals surface area contributed by atoms with E-state index in [0.29, 0.717) is 16.7 Å². The molecule has 0 saturated carbocycles. The van der Waals surface area contributed by atoms with Crippen LogP contribution < -0.4 is 15.1 Å². The molecule has 0 aliphatic carbocycles. The second-order valence-corrected chi connectivity index (χ2v) is 9.03. The predicted octanol–water partition coefficient (Wildman–Crippen LogP) is 5.53. The van der Waals surface area contributed by atoms with Crippen LogP contribution in [0.1, 0.15) is 55.8 Å². The van der Waals surface area contributed by atoms with Crippen molar-refractivity contribution in [2.45, 2.75) is 39.7 Å². The van der Waals surface area contributed by atoms with Crippen molar-refractivity contribution < 1.29 is 18.9 Å². The topological polar surface area (TPSA) is 110 Å². The number of nitrogens with one attached hydrogen (secondary N) is 1. The Kier molecular flexibility index (Phi) is 6.34. The number of fused-ring (bicyclic) bond motifs is 2. The van der Waals surface area contributed by atoms with Crippen molar-refractivity contribution in [2.24, 2.45) is 5.10 Å². The van der Waals surface area contributed by atoms with Crippen LogP contribution in [-0.4, -0.2) is 36.2 Å². The van der Waals surface area contributed by atoms with E-state index in [4.69, 9.17) is 9.15 Å². The molecule has 3 aromatic rings. The van der Waals surface area contributed by atoms with Crippen molar-refractivity contribution in [1.29, 1.82) is 0 Å². The Morgan fingerprint density at radius 2 is 2.06 bits per heavy atom. The van der Waals surface area contributed by atoms with E-state index in [1.165, 1.54) is 30.5 Å². The van der Waals surface area contributed by atoms with Gasteiger partial charge in [0.25, 0.3) is 5.69 Å². The van der Waals surface area contributed by atoms with Gasteiger partial charge in [-0.25, -0.2) is 5.43 Å². The van der Waals surface area contributed by atoms with Crippen LogP contribution in [0.5, 0.6) is 5.75 Å². The number of non-ortho nitro benzene ring substituents is 1. The first-order valence-electron chi connectivity index (χ1n) is 11.4. The average Bonchev–Trinajstić information content (AvgIpc) is 3.24. The lowest BCUT2D eigenvalue weighted by Gasteiger charge is -2.43. The van der Waals surface area contributed by atoms with E-state index in [-0.39, 0.29) is 17.0 Å². The van der Waals surface area contributed by atoms with Crippen molar-refractivity contribution >= 4 is 40.0 Å². The van der Waals surface area contributed by atoms with Crippen LogP contribution in [0, 0.1) is 10.1 Å². The molecule has 0 bridgehead atoms. The molecule has 0 unspecified atom stereocenters. The summed E-state index contributed by atoms with van der Waals surface area (Å²) in [5, 5.41) is 15.5. The third-order valence-electron chi connectivity index (χ3n) is 6.08. The smallest absolute Gasteiger partial charge is 0.307 e. The van der Waals surface area contributed by atoms with E-state index < -0.39 is 10.8 Å². The fraction of sp³-hybridized carbons (Fsp3) is 0.308. The molecule has 4 rings (SSSR count). The molecule has 0 atom stereocenters. The molecule has 1 aliphatic heterocycles. The summed E-state index contributed by atoms with van der Waals surface area (Å²) >= 11 is 0. The Labute approximate surface area is 203 Å². The summed E-state index contributed by atoms with van der Waals surface area (Å²) < 4.78 is 11.1. The Bertz CT molecular complexity index is 1370. The van der Waals surface area contributed by atoms with Crippen molar-refractivity contribution in [1.82, 2.24) is 5.43 Å². The van der Waals surface area contributed by atoms with Crippen LogP contribution in [0.2, 0.25) is 0 Å². The number of carbonyl (C=O) groups excluding carboxylic acids is 1. The minimum absolute atomic E-state index is 0.00581. The van der Waals surface area contributed by atoms with Gasteiger partial charge in [-0.1, -0.05) is 13.0 Å². The van der Waals surface area contributed by atoms with Gasteiger partial charge in [0, 0.05) is 46.9 Å². The van der Waals surface area contributed by atoms with E-state index >= 15 is 0 Å². The van der Waals surface area contributed by atoms with Crippen LogP contribution in [0.4, 0.5) is 11.4 Å². The van der Waals surface area contributed by atoms with Crippen molar-refractivity contribution in [3.63, 3.8) is 0 Å². The third-order valence-corrected chi connectivity index (χ3v) is 6.08. The number of nitro groups is 1. The van der Waals surface area contributed by atoms with Crippen LogP contribution >= 0.6 is 0 Å². The van der Waals surface area contributed by atoms with E-state index in [0.717, 1.165) is 35.4 Å². The number of furan rings is 1. The van der Waals surface area contributed by atoms with Gasteiger partial charge < -0.3 is 14.1 Å². The Morgan fingerprint density at radius 1 is 1.29 bits per heavy atom. The number of nitro benzene ring substituents is 1. The highest BCUT2D eigenvalue weighted by atomic mass is 16.6. The second kappa shape index (κ2) is 9.25. The number of carbonyl (C=O) groups is 1. The standard InChI is InChI=1S/C26H28N4O5/c1-6-9-29-21-13-23(34-5)18(11-20(21)16(2)14-26(29,3)4)15-27-28-25(31)24-12-17-10-19(30(32)33)7-8-22(17)35-24/h7-8,10-15H,6,9H2,1-5H3,(H,28,31)/b27-15-. The molecule has 35 heavy (non-hydrogen) atoms. The highest BCUT2D eigenvalue weighted by Gasteiger charge is 2.31. The molecule has 1 N–H and O–H groups in total. The van der Waals surface area contributed by atoms with Gasteiger partial charge in [-0.15, -0.1) is 0 Å². The highest BCUT2D eigenvalue weighted by molar-refractivity contribution is 5.97. The molecule has 1 aliphatic rings. The fourth-order valence-corrected chi connectivity index (χ4v) is 4.50. The highest BCUT2D eigenvalue weighted by Crippen LogP contribution is 2.42. The lowest BCUT2D eigenvalue weighted by molar-refractivity contribution is -0.384. The van der Waals surface area contributed by atoms with Gasteiger partial charge in [0.15, 0.2) is 5.76 Å². The van der Waals surface area contributed by atoms with E-state index in [1.807, 2.05) is 12.1 Å². The number of rotatable bonds is 7. The summed E-state index contributed by atoms with van der Waals surface area (Å²) in [5.41, 5.74) is 6.71. The molecule has 0 spiro atoms. The molecule has 9 heteroatoms. The van der Waals surface area contributed by atoms with Crippen LogP contribution in [-0.2, 0) is 0 Å². The maximum Gasteiger partial charge on any atom is 0.307 e. The SMILES string of the molecule is CCCN1c2cc(OC)c(/C=N\NC(=O)c3cc4cc([N+](=O)[O-])ccc4o3)cc2C(C)=CC1(C)C. The first-order valence-corrected chi connectivity index (χ1v) is 11.4. The van der Waals surface area contributed by atoms with Gasteiger partial charge >= 0.3 is 5.91 Å². The number of ether oxygens (including phenoxy) is 1. The lowest BCUT2D eigenvalue weighted by atomic mass is 9.87. The summed E-state index contributed by atoms with van der Waals surface area (Å²) in [6.45, 7) is 9.55. The monoisotopic (exact) mass is 476 g/mol. The first kappa shape index (κ1) is 24.0. The zero-order valence-corrected chi connectivity index (χ0v) is 20.4. The maximum atomic E-state index is 12.5. The zero-order valence-electron chi connectivity index (χ0n) is 20.4. The number of methoxy groups -OCH3 is 1. The number of benzene rings is 2. The Hall–Kier alpha value is -4.14. The molecule has 0 fully saturated rings. The summed E-state index contributed by atoms with van der Waals surface area (Å²) in [6, 6.07) is 9.62. The minimum Gasteiger partial charge on any atom is -0.496 e. The first-order chi connectivity index (χ1) is 16.6. The van der Waals surface area contributed by atoms with Crippen LogP contribution in [0.15, 0.2) is 52.0 Å². The maximum absolute atomic E-state index is 12.5. The summed E-state index contributed by atoms with van der Waals surface area (Å²) in [7, 11) is 1.60. The second-order valence-electron chi connectivity index (χ2n) is 9.03. The van der Waals surface area contributed by atoms with Crippen LogP contribution in [0.3, 0.4) is 0 Å². The molecule has 1 amide bonds. The zero-order chi connectivity index (χ0) is 25.3. The molecule has 2 heterocycles. The molecular weight excluding hydrogens is 448 g/mol. The van der Waals surface area contributed by atoms with Gasteiger partial charge in [-0.05, 0) is 51.0 Å². The minimum atomic E-state index is -0.566. The fourth-order valence-electron chi connectivity index (χ4n) is 4.50. The van der Waals surface area contributed by atoms with Crippen molar-refractivity contribution in [3.8, 4) is 5.75 Å². The Balaban J connectivity index is 1.58. The van der Waals surface area contributed by atoms with Gasteiger partial charge in [-0.2, -0.15) is 5.10 Å².